The Morgan fingerprint density at radius 2 is 2.00 bits per heavy atom. The normalized spacial score (nSPS) is 17.3. The Morgan fingerprint density at radius 3 is 2.70 bits per heavy atom. The zero-order valence-corrected chi connectivity index (χ0v) is 17.3. The van der Waals surface area contributed by atoms with Gasteiger partial charge >= 0.3 is 0 Å². The number of fused-ring (bicyclic) bond motifs is 2. The Labute approximate surface area is 166 Å². The molecule has 0 saturated heterocycles. The number of anilines is 1. The van der Waals surface area contributed by atoms with Crippen molar-refractivity contribution in [1.82, 2.24) is 10.3 Å². The van der Waals surface area contributed by atoms with Gasteiger partial charge in [-0.2, -0.15) is 5.26 Å². The fraction of sp³-hybridized carbons (Fsp3) is 0.350. The Bertz CT molecular complexity index is 1070. The molecular weight excluding hydrogens is 376 g/mol. The molecule has 1 aliphatic heterocycles. The molecule has 4 rings (SSSR count). The van der Waals surface area contributed by atoms with Crippen molar-refractivity contribution in [1.29, 1.82) is 5.26 Å². The summed E-state index contributed by atoms with van der Waals surface area (Å²) < 4.78 is 0.973. The van der Waals surface area contributed by atoms with Gasteiger partial charge in [0.15, 0.2) is 5.01 Å². The third-order valence-corrected chi connectivity index (χ3v) is 7.18. The number of thiazole rings is 1. The fourth-order valence-corrected chi connectivity index (χ4v) is 5.94. The summed E-state index contributed by atoms with van der Waals surface area (Å²) in [6, 6.07) is 9.99. The molecule has 3 aromatic rings. The first-order valence-electron chi connectivity index (χ1n) is 8.73. The second kappa shape index (κ2) is 6.13. The van der Waals surface area contributed by atoms with E-state index >= 15 is 0 Å². The number of carbonyl (C=O) groups is 1. The average Bonchev–Trinajstić information content (AvgIpc) is 3.14. The first kappa shape index (κ1) is 18.1. The van der Waals surface area contributed by atoms with Crippen LogP contribution < -0.4 is 10.6 Å². The summed E-state index contributed by atoms with van der Waals surface area (Å²) in [5.41, 5.74) is 2.05. The number of hydrogen-bond donors (Lipinski definition) is 2. The molecule has 1 amide bonds. The summed E-state index contributed by atoms with van der Waals surface area (Å²) in [5.74, 6) is -0.267. The van der Waals surface area contributed by atoms with Crippen molar-refractivity contribution in [3.05, 3.63) is 45.3 Å². The molecular formula is C20H20N4OS2. The summed E-state index contributed by atoms with van der Waals surface area (Å²) in [5, 5.41) is 17.4. The standard InChI is InChI=1S/C20H20N4OS2/c1-19(2)9-11-12(10-21)17(27-15(11)20(3,4)24-19)23-16(25)18-22-13-7-5-6-8-14(13)26-18/h5-8,24H,9H2,1-4H3,(H,23,25). The molecule has 27 heavy (non-hydrogen) atoms. The second-order valence-electron chi connectivity index (χ2n) is 7.98. The van der Waals surface area contributed by atoms with Crippen LogP contribution in [-0.2, 0) is 12.0 Å². The lowest BCUT2D eigenvalue weighted by Gasteiger charge is -2.42. The Morgan fingerprint density at radius 1 is 1.26 bits per heavy atom. The molecule has 3 heterocycles. The largest absolute Gasteiger partial charge is 0.310 e. The van der Waals surface area contributed by atoms with Crippen LogP contribution in [0, 0.1) is 11.3 Å². The monoisotopic (exact) mass is 396 g/mol. The van der Waals surface area contributed by atoms with Crippen molar-refractivity contribution >= 4 is 43.8 Å². The van der Waals surface area contributed by atoms with Crippen LogP contribution in [0.15, 0.2) is 24.3 Å². The number of rotatable bonds is 2. The minimum Gasteiger partial charge on any atom is -0.310 e. The van der Waals surface area contributed by atoms with Crippen molar-refractivity contribution in [2.45, 2.75) is 45.2 Å². The van der Waals surface area contributed by atoms with Gasteiger partial charge in [-0.1, -0.05) is 12.1 Å². The maximum absolute atomic E-state index is 12.8. The van der Waals surface area contributed by atoms with Gasteiger partial charge in [-0.3, -0.25) is 4.79 Å². The number of thiophene rings is 1. The molecule has 1 aliphatic rings. The number of aromatic nitrogens is 1. The molecule has 5 nitrogen and oxygen atoms in total. The van der Waals surface area contributed by atoms with Gasteiger partial charge in [0, 0.05) is 16.0 Å². The van der Waals surface area contributed by atoms with Crippen molar-refractivity contribution < 1.29 is 4.79 Å². The molecule has 0 spiro atoms. The Hall–Kier alpha value is -2.27. The van der Waals surface area contributed by atoms with E-state index in [0.717, 1.165) is 27.1 Å². The van der Waals surface area contributed by atoms with Crippen LogP contribution in [0.2, 0.25) is 0 Å². The van der Waals surface area contributed by atoms with Crippen LogP contribution in [0.4, 0.5) is 5.00 Å². The van der Waals surface area contributed by atoms with Gasteiger partial charge in [-0.15, -0.1) is 22.7 Å². The van der Waals surface area contributed by atoms with Crippen molar-refractivity contribution in [3.63, 3.8) is 0 Å². The molecule has 1 aromatic carbocycles. The molecule has 0 unspecified atom stereocenters. The summed E-state index contributed by atoms with van der Waals surface area (Å²) >= 11 is 2.84. The quantitative estimate of drug-likeness (QED) is 0.661. The summed E-state index contributed by atoms with van der Waals surface area (Å²) in [7, 11) is 0. The van der Waals surface area contributed by atoms with E-state index in [1.165, 1.54) is 22.7 Å². The van der Waals surface area contributed by atoms with E-state index in [2.05, 4.69) is 49.4 Å². The molecule has 0 atom stereocenters. The van der Waals surface area contributed by atoms with E-state index in [0.29, 0.717) is 15.6 Å². The zero-order chi connectivity index (χ0) is 19.4. The number of nitrogens with zero attached hydrogens (tertiary/aromatic N) is 2. The number of hydrogen-bond acceptors (Lipinski definition) is 6. The fourth-order valence-electron chi connectivity index (χ4n) is 3.86. The van der Waals surface area contributed by atoms with Gasteiger partial charge in [-0.05, 0) is 51.8 Å². The van der Waals surface area contributed by atoms with Gasteiger partial charge in [0.05, 0.1) is 15.8 Å². The Balaban J connectivity index is 1.72. The zero-order valence-electron chi connectivity index (χ0n) is 15.6. The highest BCUT2D eigenvalue weighted by atomic mass is 32.1. The third-order valence-electron chi connectivity index (χ3n) is 4.67. The van der Waals surface area contributed by atoms with Crippen LogP contribution in [0.3, 0.4) is 0 Å². The number of benzene rings is 1. The van der Waals surface area contributed by atoms with Crippen LogP contribution in [-0.4, -0.2) is 16.4 Å². The first-order valence-corrected chi connectivity index (χ1v) is 10.4. The minimum atomic E-state index is -0.267. The molecule has 2 aromatic heterocycles. The van der Waals surface area contributed by atoms with E-state index < -0.39 is 0 Å². The molecule has 7 heteroatoms. The highest BCUT2D eigenvalue weighted by Crippen LogP contribution is 2.44. The highest BCUT2D eigenvalue weighted by molar-refractivity contribution is 7.20. The van der Waals surface area contributed by atoms with Gasteiger partial charge in [-0.25, -0.2) is 4.98 Å². The van der Waals surface area contributed by atoms with Gasteiger partial charge in [0.2, 0.25) is 0 Å². The van der Waals surface area contributed by atoms with Gasteiger partial charge in [0.1, 0.15) is 11.1 Å². The van der Waals surface area contributed by atoms with Gasteiger partial charge < -0.3 is 10.6 Å². The SMILES string of the molecule is CC1(C)Cc2c(sc(NC(=O)c3nc4ccccc4s3)c2C#N)C(C)(C)N1. The molecule has 2 N–H and O–H groups in total. The lowest BCUT2D eigenvalue weighted by molar-refractivity contribution is 0.102. The molecule has 0 fully saturated rings. The second-order valence-corrected chi connectivity index (χ2v) is 10.0. The topological polar surface area (TPSA) is 77.8 Å². The highest BCUT2D eigenvalue weighted by Gasteiger charge is 2.40. The molecule has 0 radical (unpaired) electrons. The Kier molecular flexibility index (Phi) is 4.11. The van der Waals surface area contributed by atoms with E-state index in [1.807, 2.05) is 24.3 Å². The molecule has 0 saturated carbocycles. The summed E-state index contributed by atoms with van der Waals surface area (Å²) in [6.45, 7) is 8.50. The number of amides is 1. The smallest absolute Gasteiger partial charge is 0.285 e. The predicted molar refractivity (Wildman–Crippen MR) is 111 cm³/mol. The molecule has 0 aliphatic carbocycles. The van der Waals surface area contributed by atoms with Crippen molar-refractivity contribution in [2.24, 2.45) is 0 Å². The van der Waals surface area contributed by atoms with E-state index in [1.54, 1.807) is 0 Å². The minimum absolute atomic E-state index is 0.114. The van der Waals surface area contributed by atoms with E-state index in [-0.39, 0.29) is 17.0 Å². The van der Waals surface area contributed by atoms with Crippen LogP contribution in [0.5, 0.6) is 0 Å². The summed E-state index contributed by atoms with van der Waals surface area (Å²) in [6.07, 6.45) is 0.752. The number of para-hydroxylation sites is 1. The van der Waals surface area contributed by atoms with Crippen molar-refractivity contribution in [2.75, 3.05) is 5.32 Å². The molecule has 0 bridgehead atoms. The van der Waals surface area contributed by atoms with Crippen LogP contribution >= 0.6 is 22.7 Å². The summed E-state index contributed by atoms with van der Waals surface area (Å²) in [4.78, 5) is 18.3. The van der Waals surface area contributed by atoms with E-state index in [4.69, 9.17) is 0 Å². The number of nitriles is 1. The van der Waals surface area contributed by atoms with Crippen LogP contribution in [0.1, 0.15) is 53.5 Å². The average molecular weight is 397 g/mol. The van der Waals surface area contributed by atoms with E-state index in [9.17, 15) is 10.1 Å². The molecule has 138 valence electrons. The first-order chi connectivity index (χ1) is 12.7. The predicted octanol–water partition coefficient (Wildman–Crippen LogP) is 4.64. The number of nitrogens with one attached hydrogen (secondary N) is 2. The van der Waals surface area contributed by atoms with Crippen molar-refractivity contribution in [3.8, 4) is 6.07 Å². The maximum Gasteiger partial charge on any atom is 0.285 e. The number of carbonyl (C=O) groups excluding carboxylic acids is 1. The maximum atomic E-state index is 12.8. The lowest BCUT2D eigenvalue weighted by Crippen LogP contribution is -2.54. The third kappa shape index (κ3) is 3.14. The van der Waals surface area contributed by atoms with Crippen LogP contribution in [0.25, 0.3) is 10.2 Å². The van der Waals surface area contributed by atoms with Gasteiger partial charge in [0.25, 0.3) is 5.91 Å². The lowest BCUT2D eigenvalue weighted by atomic mass is 9.81.